The number of carbonyl (C=O) groups excluding carboxylic acids is 1. The molecular weight excluding hydrogens is 228 g/mol. The van der Waals surface area contributed by atoms with Crippen molar-refractivity contribution in [3.63, 3.8) is 0 Å². The molecular formula is C14H20N2O2. The van der Waals surface area contributed by atoms with Crippen LogP contribution in [0.4, 0.5) is 0 Å². The van der Waals surface area contributed by atoms with E-state index in [0.29, 0.717) is 13.0 Å². The molecule has 1 aromatic carbocycles. The molecule has 98 valence electrons. The average Bonchev–Trinajstić information content (AvgIpc) is 2.38. The number of phenols is 1. The molecule has 0 spiro atoms. The summed E-state index contributed by atoms with van der Waals surface area (Å²) in [5.41, 5.74) is 2.32. The highest BCUT2D eigenvalue weighted by Crippen LogP contribution is 2.23. The number of hydrogen-bond donors (Lipinski definition) is 2. The van der Waals surface area contributed by atoms with Crippen LogP contribution in [-0.4, -0.2) is 36.1 Å². The van der Waals surface area contributed by atoms with Gasteiger partial charge in [-0.15, -0.1) is 0 Å². The van der Waals surface area contributed by atoms with Crippen LogP contribution in [-0.2, 0) is 17.8 Å². The Hall–Kier alpha value is -1.55. The molecule has 0 radical (unpaired) electrons. The summed E-state index contributed by atoms with van der Waals surface area (Å²) in [7, 11) is 1.89. The summed E-state index contributed by atoms with van der Waals surface area (Å²) < 4.78 is 0. The van der Waals surface area contributed by atoms with E-state index in [0.717, 1.165) is 31.5 Å². The Bertz CT molecular complexity index is 432. The fourth-order valence-corrected chi connectivity index (χ4v) is 2.33. The summed E-state index contributed by atoms with van der Waals surface area (Å²) in [6.45, 7) is 2.29. The maximum atomic E-state index is 12.0. The van der Waals surface area contributed by atoms with Gasteiger partial charge in [-0.3, -0.25) is 4.79 Å². The number of aromatic hydroxyl groups is 1. The van der Waals surface area contributed by atoms with Crippen molar-refractivity contribution in [3.05, 3.63) is 29.3 Å². The SMILES string of the molecule is CNCCCC(=O)N1CCc2ccc(O)cc2C1. The summed E-state index contributed by atoms with van der Waals surface area (Å²) in [4.78, 5) is 13.9. The molecule has 1 aromatic rings. The van der Waals surface area contributed by atoms with Gasteiger partial charge in [-0.1, -0.05) is 6.07 Å². The van der Waals surface area contributed by atoms with E-state index >= 15 is 0 Å². The summed E-state index contributed by atoms with van der Waals surface area (Å²) in [5, 5.41) is 12.5. The fraction of sp³-hybridized carbons (Fsp3) is 0.500. The molecule has 1 amide bonds. The van der Waals surface area contributed by atoms with Crippen molar-refractivity contribution in [3.8, 4) is 5.75 Å². The molecule has 0 saturated heterocycles. The van der Waals surface area contributed by atoms with Gasteiger partial charge in [0.2, 0.25) is 5.91 Å². The van der Waals surface area contributed by atoms with E-state index in [1.807, 2.05) is 18.0 Å². The maximum Gasteiger partial charge on any atom is 0.222 e. The highest BCUT2D eigenvalue weighted by Gasteiger charge is 2.20. The Kier molecular flexibility index (Phi) is 4.20. The van der Waals surface area contributed by atoms with E-state index in [4.69, 9.17) is 0 Å². The first-order chi connectivity index (χ1) is 8.70. The van der Waals surface area contributed by atoms with Gasteiger partial charge in [0.1, 0.15) is 5.75 Å². The monoisotopic (exact) mass is 248 g/mol. The van der Waals surface area contributed by atoms with Gasteiger partial charge in [0.25, 0.3) is 0 Å². The highest BCUT2D eigenvalue weighted by molar-refractivity contribution is 5.76. The third-order valence-corrected chi connectivity index (χ3v) is 3.37. The van der Waals surface area contributed by atoms with Gasteiger partial charge in [-0.25, -0.2) is 0 Å². The largest absolute Gasteiger partial charge is 0.508 e. The van der Waals surface area contributed by atoms with E-state index in [2.05, 4.69) is 5.32 Å². The second-order valence-electron chi connectivity index (χ2n) is 4.73. The second kappa shape index (κ2) is 5.87. The van der Waals surface area contributed by atoms with Gasteiger partial charge in [0.05, 0.1) is 0 Å². The van der Waals surface area contributed by atoms with Crippen molar-refractivity contribution in [2.45, 2.75) is 25.8 Å². The Labute approximate surface area is 108 Å². The van der Waals surface area contributed by atoms with Crippen LogP contribution < -0.4 is 5.32 Å². The van der Waals surface area contributed by atoms with Crippen molar-refractivity contribution in [2.24, 2.45) is 0 Å². The summed E-state index contributed by atoms with van der Waals surface area (Å²) >= 11 is 0. The molecule has 0 saturated carbocycles. The van der Waals surface area contributed by atoms with Crippen LogP contribution in [0, 0.1) is 0 Å². The van der Waals surface area contributed by atoms with Crippen LogP contribution in [0.3, 0.4) is 0 Å². The second-order valence-corrected chi connectivity index (χ2v) is 4.73. The first-order valence-electron chi connectivity index (χ1n) is 6.44. The molecule has 0 unspecified atom stereocenters. The number of benzene rings is 1. The molecule has 1 aliphatic heterocycles. The van der Waals surface area contributed by atoms with Crippen LogP contribution in [0.25, 0.3) is 0 Å². The molecule has 0 fully saturated rings. The topological polar surface area (TPSA) is 52.6 Å². The Balaban J connectivity index is 1.96. The third-order valence-electron chi connectivity index (χ3n) is 3.37. The Morgan fingerprint density at radius 1 is 1.44 bits per heavy atom. The fourth-order valence-electron chi connectivity index (χ4n) is 2.33. The lowest BCUT2D eigenvalue weighted by molar-refractivity contribution is -0.132. The zero-order valence-electron chi connectivity index (χ0n) is 10.8. The number of fused-ring (bicyclic) bond motifs is 1. The Morgan fingerprint density at radius 2 is 2.28 bits per heavy atom. The van der Waals surface area contributed by atoms with Gasteiger partial charge < -0.3 is 15.3 Å². The van der Waals surface area contributed by atoms with Crippen molar-refractivity contribution in [1.29, 1.82) is 0 Å². The molecule has 2 rings (SSSR count). The average molecular weight is 248 g/mol. The lowest BCUT2D eigenvalue weighted by atomic mass is 9.99. The lowest BCUT2D eigenvalue weighted by Gasteiger charge is -2.29. The Morgan fingerprint density at radius 3 is 3.06 bits per heavy atom. The molecule has 0 aromatic heterocycles. The van der Waals surface area contributed by atoms with Crippen molar-refractivity contribution >= 4 is 5.91 Å². The summed E-state index contributed by atoms with van der Waals surface area (Å²) in [6.07, 6.45) is 2.35. The molecule has 0 aliphatic carbocycles. The van der Waals surface area contributed by atoms with Crippen LogP contribution in [0.5, 0.6) is 5.75 Å². The normalized spacial score (nSPS) is 14.4. The predicted octanol–water partition coefficient (Wildman–Crippen LogP) is 1.28. The molecule has 2 N–H and O–H groups in total. The molecule has 4 nitrogen and oxygen atoms in total. The van der Waals surface area contributed by atoms with Crippen LogP contribution in [0.1, 0.15) is 24.0 Å². The molecule has 18 heavy (non-hydrogen) atoms. The summed E-state index contributed by atoms with van der Waals surface area (Å²) in [6, 6.07) is 5.43. The number of phenolic OH excluding ortho intramolecular Hbond substituents is 1. The molecule has 1 aliphatic rings. The zero-order valence-corrected chi connectivity index (χ0v) is 10.8. The van der Waals surface area contributed by atoms with Gasteiger partial charge in [-0.2, -0.15) is 0 Å². The standard InChI is InChI=1S/C14H20N2O2/c1-15-7-2-3-14(18)16-8-6-11-4-5-13(17)9-12(11)10-16/h4-5,9,15,17H,2-3,6-8,10H2,1H3. The first kappa shape index (κ1) is 12.9. The molecule has 0 bridgehead atoms. The van der Waals surface area contributed by atoms with E-state index in [1.54, 1.807) is 12.1 Å². The predicted molar refractivity (Wildman–Crippen MR) is 70.4 cm³/mol. The number of nitrogens with one attached hydrogen (secondary N) is 1. The number of hydrogen-bond acceptors (Lipinski definition) is 3. The molecule has 1 heterocycles. The number of nitrogens with zero attached hydrogens (tertiary/aromatic N) is 1. The van der Waals surface area contributed by atoms with Crippen LogP contribution >= 0.6 is 0 Å². The van der Waals surface area contributed by atoms with Gasteiger partial charge >= 0.3 is 0 Å². The molecule has 0 atom stereocenters. The van der Waals surface area contributed by atoms with E-state index in [-0.39, 0.29) is 11.7 Å². The van der Waals surface area contributed by atoms with Gasteiger partial charge in [0.15, 0.2) is 0 Å². The van der Waals surface area contributed by atoms with Crippen molar-refractivity contribution in [1.82, 2.24) is 10.2 Å². The van der Waals surface area contributed by atoms with Crippen molar-refractivity contribution < 1.29 is 9.90 Å². The maximum absolute atomic E-state index is 12.0. The highest BCUT2D eigenvalue weighted by atomic mass is 16.3. The van der Waals surface area contributed by atoms with E-state index in [9.17, 15) is 9.90 Å². The van der Waals surface area contributed by atoms with E-state index < -0.39 is 0 Å². The van der Waals surface area contributed by atoms with E-state index in [1.165, 1.54) is 5.56 Å². The smallest absolute Gasteiger partial charge is 0.222 e. The third kappa shape index (κ3) is 3.01. The number of rotatable bonds is 4. The zero-order chi connectivity index (χ0) is 13.0. The van der Waals surface area contributed by atoms with Crippen molar-refractivity contribution in [2.75, 3.05) is 20.1 Å². The quantitative estimate of drug-likeness (QED) is 0.789. The minimum atomic E-state index is 0.208. The van der Waals surface area contributed by atoms with Gasteiger partial charge in [0, 0.05) is 19.5 Å². The molecule has 4 heteroatoms. The van der Waals surface area contributed by atoms with Gasteiger partial charge in [-0.05, 0) is 49.7 Å². The number of carbonyl (C=O) groups is 1. The minimum Gasteiger partial charge on any atom is -0.508 e. The van der Waals surface area contributed by atoms with Crippen LogP contribution in [0.15, 0.2) is 18.2 Å². The number of amides is 1. The van der Waals surface area contributed by atoms with Crippen LogP contribution in [0.2, 0.25) is 0 Å². The first-order valence-corrected chi connectivity index (χ1v) is 6.44. The minimum absolute atomic E-state index is 0.208. The lowest BCUT2D eigenvalue weighted by Crippen LogP contribution is -2.36. The summed E-state index contributed by atoms with van der Waals surface area (Å²) in [5.74, 6) is 0.484.